The van der Waals surface area contributed by atoms with Crippen LogP contribution in [-0.4, -0.2) is 22.9 Å². The molecule has 0 aliphatic heterocycles. The highest BCUT2D eigenvalue weighted by Gasteiger charge is 1.93. The Morgan fingerprint density at radius 2 is 1.88 bits per heavy atom. The molecule has 0 heterocycles. The average molecular weight is 214 g/mol. The lowest BCUT2D eigenvalue weighted by Crippen LogP contribution is -2.03. The van der Waals surface area contributed by atoms with E-state index in [0.29, 0.717) is 6.42 Å². The molecule has 16 heavy (non-hydrogen) atoms. The highest BCUT2D eigenvalue weighted by molar-refractivity contribution is 5.37. The summed E-state index contributed by atoms with van der Waals surface area (Å²) >= 11 is 0. The number of hydrogen-bond donors (Lipinski definition) is 2. The summed E-state index contributed by atoms with van der Waals surface area (Å²) in [6, 6.07) is 0. The summed E-state index contributed by atoms with van der Waals surface area (Å²) in [7, 11) is 0. The maximum atomic E-state index is 9.19. The maximum Gasteiger partial charge on any atom is 0.0745 e. The van der Waals surface area contributed by atoms with Gasteiger partial charge in [0, 0.05) is 6.61 Å². The molecule has 0 amide bonds. The summed E-state index contributed by atoms with van der Waals surface area (Å²) in [5.41, 5.74) is 0. The minimum Gasteiger partial charge on any atom is -0.396 e. The van der Waals surface area contributed by atoms with Crippen molar-refractivity contribution in [1.29, 1.82) is 0 Å². The maximum absolute atomic E-state index is 9.19. The van der Waals surface area contributed by atoms with Gasteiger partial charge < -0.3 is 10.2 Å². The topological polar surface area (TPSA) is 40.5 Å². The number of rotatable bonds is 4. The standard InChI is InChI=1S/C14H14O2/c1-2-3-4-5-6-7-8-9-10-11-14(16)12-13-15/h8-11,14-16H,12-13H2,1H3/t14-/m0/s1. The van der Waals surface area contributed by atoms with E-state index in [4.69, 9.17) is 5.11 Å². The van der Waals surface area contributed by atoms with Crippen LogP contribution < -0.4 is 0 Å². The second kappa shape index (κ2) is 11.2. The first kappa shape index (κ1) is 14.1. The Hall–Kier alpha value is -1.92. The molecule has 1 atom stereocenters. The van der Waals surface area contributed by atoms with Gasteiger partial charge >= 0.3 is 0 Å². The monoisotopic (exact) mass is 214 g/mol. The van der Waals surface area contributed by atoms with Crippen LogP contribution >= 0.6 is 0 Å². The van der Waals surface area contributed by atoms with Gasteiger partial charge in [0.15, 0.2) is 0 Å². The lowest BCUT2D eigenvalue weighted by atomic mass is 10.2. The highest BCUT2D eigenvalue weighted by Crippen LogP contribution is 1.91. The minimum absolute atomic E-state index is 0.0247. The lowest BCUT2D eigenvalue weighted by molar-refractivity contribution is 0.170. The highest BCUT2D eigenvalue weighted by atomic mass is 16.3. The SMILES string of the molecule is CC#CC#CC#CC=CC=C[C@H](O)CCO. The van der Waals surface area contributed by atoms with E-state index in [1.807, 2.05) is 0 Å². The smallest absolute Gasteiger partial charge is 0.0745 e. The number of hydrogen-bond acceptors (Lipinski definition) is 2. The van der Waals surface area contributed by atoms with Crippen LogP contribution in [0.5, 0.6) is 0 Å². The van der Waals surface area contributed by atoms with Gasteiger partial charge in [0.2, 0.25) is 0 Å². The summed E-state index contributed by atoms with van der Waals surface area (Å²) in [6.07, 6.45) is 6.31. The fraction of sp³-hybridized carbons (Fsp3) is 0.286. The molecule has 2 N–H and O–H groups in total. The molecule has 0 aliphatic carbocycles. The summed E-state index contributed by atoms with van der Waals surface area (Å²) in [4.78, 5) is 0. The van der Waals surface area contributed by atoms with Gasteiger partial charge in [-0.2, -0.15) is 0 Å². The van der Waals surface area contributed by atoms with Gasteiger partial charge in [-0.05, 0) is 43.1 Å². The summed E-state index contributed by atoms with van der Waals surface area (Å²) < 4.78 is 0. The van der Waals surface area contributed by atoms with Crippen LogP contribution in [0.4, 0.5) is 0 Å². The third-order valence-corrected chi connectivity index (χ3v) is 1.43. The Morgan fingerprint density at radius 1 is 1.12 bits per heavy atom. The van der Waals surface area contributed by atoms with Crippen molar-refractivity contribution < 1.29 is 10.2 Å². The third kappa shape index (κ3) is 10.2. The molecule has 0 spiro atoms. The zero-order valence-corrected chi connectivity index (χ0v) is 9.20. The van der Waals surface area contributed by atoms with Crippen molar-refractivity contribution in [1.82, 2.24) is 0 Å². The minimum atomic E-state index is -0.609. The molecule has 82 valence electrons. The molecule has 0 fully saturated rings. The first-order valence-electron chi connectivity index (χ1n) is 4.85. The zero-order chi connectivity index (χ0) is 12.1. The van der Waals surface area contributed by atoms with Crippen LogP contribution in [0, 0.1) is 35.5 Å². The van der Waals surface area contributed by atoms with E-state index in [2.05, 4.69) is 35.5 Å². The number of allylic oxidation sites excluding steroid dienone is 3. The third-order valence-electron chi connectivity index (χ3n) is 1.43. The van der Waals surface area contributed by atoms with Gasteiger partial charge in [0.05, 0.1) is 6.10 Å². The molecule has 2 nitrogen and oxygen atoms in total. The molecule has 0 aromatic heterocycles. The van der Waals surface area contributed by atoms with Crippen LogP contribution in [-0.2, 0) is 0 Å². The van der Waals surface area contributed by atoms with Crippen molar-refractivity contribution in [2.24, 2.45) is 0 Å². The van der Waals surface area contributed by atoms with Crippen LogP contribution in [0.1, 0.15) is 13.3 Å². The first-order chi connectivity index (χ1) is 7.81. The van der Waals surface area contributed by atoms with Crippen molar-refractivity contribution in [3.05, 3.63) is 24.3 Å². The van der Waals surface area contributed by atoms with Gasteiger partial charge in [-0.3, -0.25) is 0 Å². The molecule has 0 aromatic carbocycles. The van der Waals surface area contributed by atoms with Crippen LogP contribution in [0.2, 0.25) is 0 Å². The van der Waals surface area contributed by atoms with E-state index in [1.165, 1.54) is 0 Å². The molecule has 0 saturated heterocycles. The lowest BCUT2D eigenvalue weighted by Gasteiger charge is -1.98. The second-order valence-corrected chi connectivity index (χ2v) is 2.72. The van der Waals surface area contributed by atoms with Gasteiger partial charge in [0.25, 0.3) is 0 Å². The number of aliphatic hydroxyl groups excluding tert-OH is 2. The van der Waals surface area contributed by atoms with E-state index < -0.39 is 6.10 Å². The predicted molar refractivity (Wildman–Crippen MR) is 65.0 cm³/mol. The molecular weight excluding hydrogens is 200 g/mol. The van der Waals surface area contributed by atoms with Crippen LogP contribution in [0.15, 0.2) is 24.3 Å². The van der Waals surface area contributed by atoms with Crippen LogP contribution in [0.3, 0.4) is 0 Å². The van der Waals surface area contributed by atoms with Crippen LogP contribution in [0.25, 0.3) is 0 Å². The van der Waals surface area contributed by atoms with Gasteiger partial charge in [0.1, 0.15) is 0 Å². The Kier molecular flexibility index (Phi) is 9.82. The van der Waals surface area contributed by atoms with Gasteiger partial charge in [-0.25, -0.2) is 0 Å². The van der Waals surface area contributed by atoms with E-state index in [-0.39, 0.29) is 6.61 Å². The molecule has 0 rings (SSSR count). The van der Waals surface area contributed by atoms with Crippen molar-refractivity contribution in [3.8, 4) is 35.5 Å². The van der Waals surface area contributed by atoms with E-state index in [0.717, 1.165) is 0 Å². The molecule has 0 saturated carbocycles. The molecule has 0 unspecified atom stereocenters. The molecule has 0 bridgehead atoms. The number of aliphatic hydroxyl groups is 2. The molecule has 2 heteroatoms. The zero-order valence-electron chi connectivity index (χ0n) is 9.20. The average Bonchev–Trinajstić information content (AvgIpc) is 2.27. The predicted octanol–water partition coefficient (Wildman–Crippen LogP) is 0.872. The quantitative estimate of drug-likeness (QED) is 0.538. The Morgan fingerprint density at radius 3 is 2.56 bits per heavy atom. The van der Waals surface area contributed by atoms with E-state index >= 15 is 0 Å². The fourth-order valence-corrected chi connectivity index (χ4v) is 0.727. The van der Waals surface area contributed by atoms with Crippen molar-refractivity contribution in [2.75, 3.05) is 6.61 Å². The van der Waals surface area contributed by atoms with E-state index in [1.54, 1.807) is 31.2 Å². The van der Waals surface area contributed by atoms with Crippen molar-refractivity contribution in [2.45, 2.75) is 19.4 Å². The first-order valence-corrected chi connectivity index (χ1v) is 4.85. The Bertz CT molecular complexity index is 411. The Balaban J connectivity index is 3.93. The summed E-state index contributed by atoms with van der Waals surface area (Å²) in [5, 5.41) is 17.7. The second-order valence-electron chi connectivity index (χ2n) is 2.72. The summed E-state index contributed by atoms with van der Waals surface area (Å²) in [5.74, 6) is 15.6. The van der Waals surface area contributed by atoms with Gasteiger partial charge in [-0.15, -0.1) is 0 Å². The molecule has 0 aliphatic rings. The largest absolute Gasteiger partial charge is 0.396 e. The van der Waals surface area contributed by atoms with E-state index in [9.17, 15) is 5.11 Å². The normalized spacial score (nSPS) is 10.9. The van der Waals surface area contributed by atoms with Gasteiger partial charge in [-0.1, -0.05) is 30.1 Å². The molecule has 0 radical (unpaired) electrons. The van der Waals surface area contributed by atoms with Crippen molar-refractivity contribution in [3.63, 3.8) is 0 Å². The molecular formula is C14H14O2. The van der Waals surface area contributed by atoms with Crippen molar-refractivity contribution >= 4 is 0 Å². The Labute approximate surface area is 96.7 Å². The molecule has 0 aromatic rings. The fourth-order valence-electron chi connectivity index (χ4n) is 0.727. The summed E-state index contributed by atoms with van der Waals surface area (Å²) in [6.45, 7) is 1.69.